The van der Waals surface area contributed by atoms with Crippen molar-refractivity contribution >= 4 is 23.2 Å². The molecule has 3 nitrogen and oxygen atoms in total. The molecule has 1 aliphatic heterocycles. The van der Waals surface area contributed by atoms with Crippen LogP contribution >= 0.6 is 23.2 Å². The third-order valence-corrected chi connectivity index (χ3v) is 9.07. The van der Waals surface area contributed by atoms with E-state index in [0.29, 0.717) is 45.9 Å². The van der Waals surface area contributed by atoms with Gasteiger partial charge in [0.25, 0.3) is 0 Å². The molecule has 240 valence electrons. The topological polar surface area (TPSA) is 64.1 Å². The van der Waals surface area contributed by atoms with E-state index in [-0.39, 0.29) is 35.2 Å². The predicted octanol–water partition coefficient (Wildman–Crippen LogP) is 10.4. The van der Waals surface area contributed by atoms with E-state index in [1.807, 2.05) is 33.8 Å². The minimum absolute atomic E-state index is 0.00634. The van der Waals surface area contributed by atoms with Gasteiger partial charge in [-0.15, -0.1) is 0 Å². The molecule has 0 amide bonds. The van der Waals surface area contributed by atoms with Gasteiger partial charge in [-0.2, -0.15) is 0 Å². The highest BCUT2D eigenvalue weighted by molar-refractivity contribution is 6.30. The molecule has 1 aromatic rings. The Morgan fingerprint density at radius 1 is 1.10 bits per heavy atom. The zero-order valence-electron chi connectivity index (χ0n) is 27.5. The number of rotatable bonds is 8. The first kappa shape index (κ1) is 38.6. The number of hydrogen-bond donors (Lipinski definition) is 3. The molecule has 2 aliphatic rings. The Morgan fingerprint density at radius 2 is 1.69 bits per heavy atom. The number of hydrogen-bond acceptors (Lipinski definition) is 3. The average molecular weight is 629 g/mol. The molecule has 1 aromatic carbocycles. The number of allylic oxidation sites excluding steroid dienone is 4. The van der Waals surface area contributed by atoms with Crippen molar-refractivity contribution in [2.45, 2.75) is 118 Å². The third-order valence-electron chi connectivity index (χ3n) is 8.37. The molecule has 3 rings (SSSR count). The fraction of sp³-hybridized carbons (Fsp3) is 0.657. The van der Waals surface area contributed by atoms with E-state index >= 15 is 8.78 Å². The third kappa shape index (κ3) is 10.1. The molecule has 4 atom stereocenters. The molecule has 0 bridgehead atoms. The first-order valence-corrected chi connectivity index (χ1v) is 16.6. The van der Waals surface area contributed by atoms with Crippen molar-refractivity contribution in [3.8, 4) is 0 Å². The van der Waals surface area contributed by atoms with Gasteiger partial charge in [-0.1, -0.05) is 104 Å². The highest BCUT2D eigenvalue weighted by Gasteiger charge is 2.50. The van der Waals surface area contributed by atoms with Gasteiger partial charge in [-0.3, -0.25) is 0 Å². The van der Waals surface area contributed by atoms with Crippen LogP contribution in [0.25, 0.3) is 0 Å². The summed E-state index contributed by atoms with van der Waals surface area (Å²) in [6, 6.07) is 5.06. The number of benzene rings is 1. The highest BCUT2D eigenvalue weighted by atomic mass is 35.5. The van der Waals surface area contributed by atoms with Crippen molar-refractivity contribution in [3.05, 3.63) is 68.9 Å². The van der Waals surface area contributed by atoms with Crippen molar-refractivity contribution in [2.75, 3.05) is 7.05 Å². The molecule has 1 saturated heterocycles. The highest BCUT2D eigenvalue weighted by Crippen LogP contribution is 2.52. The van der Waals surface area contributed by atoms with E-state index in [4.69, 9.17) is 28.9 Å². The van der Waals surface area contributed by atoms with Crippen LogP contribution in [0.5, 0.6) is 0 Å². The van der Waals surface area contributed by atoms with Gasteiger partial charge in [-0.05, 0) is 79.7 Å². The Morgan fingerprint density at radius 3 is 2.17 bits per heavy atom. The van der Waals surface area contributed by atoms with Crippen LogP contribution in [-0.2, 0) is 0 Å². The lowest BCUT2D eigenvalue weighted by atomic mass is 9.68. The van der Waals surface area contributed by atoms with Gasteiger partial charge in [0.2, 0.25) is 0 Å². The van der Waals surface area contributed by atoms with E-state index in [2.05, 4.69) is 44.8 Å². The van der Waals surface area contributed by atoms with Crippen molar-refractivity contribution < 1.29 is 8.78 Å². The van der Waals surface area contributed by atoms with Crippen LogP contribution in [0.2, 0.25) is 5.02 Å². The molecule has 1 saturated carbocycles. The summed E-state index contributed by atoms with van der Waals surface area (Å²) in [5, 5.41) is 4.81. The molecule has 1 aliphatic carbocycles. The summed E-state index contributed by atoms with van der Waals surface area (Å²) in [5.41, 5.74) is 12.1. The first-order valence-electron chi connectivity index (χ1n) is 15.9. The van der Waals surface area contributed by atoms with E-state index in [0.717, 1.165) is 31.0 Å². The number of halogens is 4. The molecule has 0 aromatic heterocycles. The van der Waals surface area contributed by atoms with E-state index in [9.17, 15) is 0 Å². The van der Waals surface area contributed by atoms with Crippen LogP contribution in [0, 0.1) is 29.0 Å². The van der Waals surface area contributed by atoms with Gasteiger partial charge >= 0.3 is 0 Å². The zero-order valence-corrected chi connectivity index (χ0v) is 29.0. The monoisotopic (exact) mass is 627 g/mol. The summed E-state index contributed by atoms with van der Waals surface area (Å²) in [7, 11) is 1.50. The quantitative estimate of drug-likeness (QED) is 0.251. The molecule has 7 heteroatoms. The zero-order chi connectivity index (χ0) is 32.2. The molecule has 2 unspecified atom stereocenters. The van der Waals surface area contributed by atoms with Gasteiger partial charge in [-0.25, -0.2) is 8.78 Å². The Bertz CT molecular complexity index is 1050. The molecular weight excluding hydrogens is 571 g/mol. The van der Waals surface area contributed by atoms with Gasteiger partial charge < -0.3 is 16.8 Å². The van der Waals surface area contributed by atoms with Crippen LogP contribution in [0.4, 0.5) is 8.78 Å². The van der Waals surface area contributed by atoms with Crippen molar-refractivity contribution in [2.24, 2.45) is 34.6 Å². The minimum atomic E-state index is -0.526. The molecule has 42 heavy (non-hydrogen) atoms. The van der Waals surface area contributed by atoms with Crippen LogP contribution in [0.15, 0.2) is 52.5 Å². The largest absolute Gasteiger partial charge is 0.402 e. The Labute approximate surface area is 265 Å². The van der Waals surface area contributed by atoms with Crippen molar-refractivity contribution in [1.82, 2.24) is 5.32 Å². The lowest BCUT2D eigenvalue weighted by Crippen LogP contribution is -2.41. The first-order chi connectivity index (χ1) is 19.9. The lowest BCUT2D eigenvalue weighted by Gasteiger charge is -2.37. The Kier molecular flexibility index (Phi) is 16.9. The molecular formula is C35H57Cl2F2N3. The normalized spacial score (nSPS) is 27.4. The van der Waals surface area contributed by atoms with E-state index < -0.39 is 5.83 Å². The Balaban J connectivity index is 0.00000211. The van der Waals surface area contributed by atoms with Gasteiger partial charge in [0.1, 0.15) is 11.6 Å². The SMILES string of the molecule is CC.CC\C=C(C(=C(/Cl)CC)/C(F)=C\N)\[C@H]1C(C2CCC(C)CC2)N[C@@H](CC(C)(C)C)C1c1ccc(Cl)cc1F.CN. The maximum Gasteiger partial charge on any atom is 0.147 e. The average Bonchev–Trinajstić information content (AvgIpc) is 3.31. The number of nitrogens with two attached hydrogens (primary N) is 2. The summed E-state index contributed by atoms with van der Waals surface area (Å²) in [4.78, 5) is 0. The van der Waals surface area contributed by atoms with Crippen LogP contribution in [0.1, 0.15) is 112 Å². The lowest BCUT2D eigenvalue weighted by molar-refractivity contribution is 0.217. The second-order valence-corrected chi connectivity index (χ2v) is 13.4. The second kappa shape index (κ2) is 18.4. The van der Waals surface area contributed by atoms with Crippen LogP contribution < -0.4 is 16.8 Å². The van der Waals surface area contributed by atoms with Crippen LogP contribution in [0.3, 0.4) is 0 Å². The molecule has 0 spiro atoms. The maximum absolute atomic E-state index is 15.7. The summed E-state index contributed by atoms with van der Waals surface area (Å²) in [6.45, 7) is 16.9. The standard InChI is InChI=1S/C32H46Cl2F2N2.C2H6.CH5N/c1-7-9-23(28(24(34)8-2)26(36)18-37)30-29(22-15-14-21(33)16-25(22)35)27(17-32(4,5)6)38-31(30)20-12-10-19(3)11-13-20;2*1-2/h9,14-16,18-20,27,29-31,38H,7-8,10-13,17,37H2,1-6H3;1-2H3;2H2,1H3/b23-9+,26-18+,28-24-;;/t19?,20?,27-,29?,30+,31?;;/m0../s1. The molecule has 0 radical (unpaired) electrons. The fourth-order valence-corrected chi connectivity index (χ4v) is 7.08. The van der Waals surface area contributed by atoms with Crippen LogP contribution in [-0.4, -0.2) is 19.1 Å². The molecule has 5 N–H and O–H groups in total. The summed E-state index contributed by atoms with van der Waals surface area (Å²) >= 11 is 12.9. The van der Waals surface area contributed by atoms with E-state index in [1.165, 1.54) is 26.0 Å². The fourth-order valence-electron chi connectivity index (χ4n) is 6.73. The van der Waals surface area contributed by atoms with Gasteiger partial charge in [0.15, 0.2) is 0 Å². The summed E-state index contributed by atoms with van der Waals surface area (Å²) < 4.78 is 31.3. The van der Waals surface area contributed by atoms with Crippen molar-refractivity contribution in [3.63, 3.8) is 0 Å². The van der Waals surface area contributed by atoms with Crippen molar-refractivity contribution in [1.29, 1.82) is 0 Å². The minimum Gasteiger partial charge on any atom is -0.402 e. The summed E-state index contributed by atoms with van der Waals surface area (Å²) in [5.74, 6) is -0.112. The second-order valence-electron chi connectivity index (χ2n) is 12.5. The smallest absolute Gasteiger partial charge is 0.147 e. The molecule has 1 heterocycles. The van der Waals surface area contributed by atoms with Gasteiger partial charge in [0.05, 0.1) is 0 Å². The predicted molar refractivity (Wildman–Crippen MR) is 180 cm³/mol. The number of nitrogens with one attached hydrogen (secondary N) is 1. The Hall–Kier alpha value is -1.40. The molecule has 2 fully saturated rings. The van der Waals surface area contributed by atoms with E-state index in [1.54, 1.807) is 6.07 Å². The van der Waals surface area contributed by atoms with Gasteiger partial charge in [0, 0.05) is 45.7 Å². The maximum atomic E-state index is 15.7. The summed E-state index contributed by atoms with van der Waals surface area (Å²) in [6.07, 6.45) is 9.66.